The van der Waals surface area contributed by atoms with Crippen LogP contribution in [0.4, 0.5) is 0 Å². The number of aryl methyl sites for hydroxylation is 1. The molecule has 0 bridgehead atoms. The van der Waals surface area contributed by atoms with Crippen molar-refractivity contribution in [2.24, 2.45) is 0 Å². The van der Waals surface area contributed by atoms with Crippen LogP contribution in [0, 0.1) is 6.92 Å². The van der Waals surface area contributed by atoms with Gasteiger partial charge in [0.05, 0.1) is 0 Å². The van der Waals surface area contributed by atoms with E-state index in [1.807, 2.05) is 49.4 Å². The highest BCUT2D eigenvalue weighted by Crippen LogP contribution is 2.29. The van der Waals surface area contributed by atoms with Crippen LogP contribution in [0.15, 0.2) is 42.5 Å². The molecule has 0 radical (unpaired) electrons. The second-order valence-electron chi connectivity index (χ2n) is 3.49. The van der Waals surface area contributed by atoms with Crippen molar-refractivity contribution in [1.82, 2.24) is 0 Å². The number of hydrogen-bond acceptors (Lipinski definition) is 0. The van der Waals surface area contributed by atoms with Crippen molar-refractivity contribution in [2.45, 2.75) is 6.92 Å². The van der Waals surface area contributed by atoms with E-state index in [-0.39, 0.29) is 0 Å². The van der Waals surface area contributed by atoms with Crippen LogP contribution in [0.3, 0.4) is 0 Å². The third-order valence-electron chi connectivity index (χ3n) is 2.26. The molecule has 15 heavy (non-hydrogen) atoms. The molecule has 0 aromatic heterocycles. The van der Waals surface area contributed by atoms with Crippen LogP contribution in [0.25, 0.3) is 11.1 Å². The zero-order valence-electron chi connectivity index (χ0n) is 8.30. The van der Waals surface area contributed by atoms with Crippen molar-refractivity contribution in [3.05, 3.63) is 58.1 Å². The summed E-state index contributed by atoms with van der Waals surface area (Å²) < 4.78 is 0. The first-order chi connectivity index (χ1) is 7.16. The molecule has 0 nitrogen and oxygen atoms in total. The van der Waals surface area contributed by atoms with Crippen molar-refractivity contribution in [1.29, 1.82) is 0 Å². The van der Waals surface area contributed by atoms with Crippen LogP contribution in [-0.2, 0) is 0 Å². The van der Waals surface area contributed by atoms with Crippen LogP contribution in [-0.4, -0.2) is 0 Å². The van der Waals surface area contributed by atoms with Crippen LogP contribution >= 0.6 is 23.2 Å². The quantitative estimate of drug-likeness (QED) is 0.656. The summed E-state index contributed by atoms with van der Waals surface area (Å²) in [6, 6.07) is 13.7. The van der Waals surface area contributed by atoms with E-state index in [4.69, 9.17) is 23.2 Å². The molecule has 76 valence electrons. The summed E-state index contributed by atoms with van der Waals surface area (Å²) in [6.45, 7) is 2.02. The first kappa shape index (κ1) is 10.5. The van der Waals surface area contributed by atoms with Crippen molar-refractivity contribution >= 4 is 23.2 Å². The third kappa shape index (κ3) is 2.34. The van der Waals surface area contributed by atoms with Gasteiger partial charge in [0.15, 0.2) is 0 Å². The van der Waals surface area contributed by atoms with Crippen LogP contribution < -0.4 is 0 Å². The van der Waals surface area contributed by atoms with E-state index in [9.17, 15) is 0 Å². The number of benzene rings is 2. The smallest absolute Gasteiger partial charge is 0.0487 e. The number of halogens is 2. The van der Waals surface area contributed by atoms with Gasteiger partial charge < -0.3 is 0 Å². The van der Waals surface area contributed by atoms with Crippen molar-refractivity contribution < 1.29 is 0 Å². The molecule has 2 heteroatoms. The summed E-state index contributed by atoms with van der Waals surface area (Å²) in [5.74, 6) is 0. The van der Waals surface area contributed by atoms with Crippen LogP contribution in [0.2, 0.25) is 10.0 Å². The fourth-order valence-electron chi connectivity index (χ4n) is 1.51. The summed E-state index contributed by atoms with van der Waals surface area (Å²) in [6.07, 6.45) is 0. The molecule has 0 N–H and O–H groups in total. The summed E-state index contributed by atoms with van der Waals surface area (Å²) in [4.78, 5) is 0. The molecule has 0 unspecified atom stereocenters. The lowest BCUT2D eigenvalue weighted by atomic mass is 10.0. The van der Waals surface area contributed by atoms with E-state index in [1.165, 1.54) is 0 Å². The van der Waals surface area contributed by atoms with Crippen LogP contribution in [0.1, 0.15) is 5.56 Å². The van der Waals surface area contributed by atoms with Gasteiger partial charge in [0.2, 0.25) is 0 Å². The number of rotatable bonds is 1. The highest BCUT2D eigenvalue weighted by molar-refractivity contribution is 6.33. The van der Waals surface area contributed by atoms with Gasteiger partial charge in [-0.25, -0.2) is 0 Å². The monoisotopic (exact) mass is 236 g/mol. The predicted molar refractivity (Wildman–Crippen MR) is 66.6 cm³/mol. The minimum atomic E-state index is 0.726. The molecule has 0 spiro atoms. The molecule has 0 amide bonds. The number of hydrogen-bond donors (Lipinski definition) is 0. The normalized spacial score (nSPS) is 10.3. The topological polar surface area (TPSA) is 0 Å². The van der Waals surface area contributed by atoms with E-state index in [2.05, 4.69) is 0 Å². The largest absolute Gasteiger partial charge is 0.0843 e. The van der Waals surface area contributed by atoms with Crippen molar-refractivity contribution in [3.8, 4) is 11.1 Å². The Morgan fingerprint density at radius 2 is 1.73 bits per heavy atom. The van der Waals surface area contributed by atoms with Gasteiger partial charge in [-0.1, -0.05) is 47.5 Å². The minimum Gasteiger partial charge on any atom is -0.0843 e. The highest BCUT2D eigenvalue weighted by atomic mass is 35.5. The molecule has 0 saturated carbocycles. The summed E-state index contributed by atoms with van der Waals surface area (Å²) in [5, 5.41) is 1.49. The van der Waals surface area contributed by atoms with Crippen LogP contribution in [0.5, 0.6) is 0 Å². The molecule has 0 aliphatic rings. The first-order valence-corrected chi connectivity index (χ1v) is 5.44. The average Bonchev–Trinajstić information content (AvgIpc) is 2.17. The maximum Gasteiger partial charge on any atom is 0.0487 e. The summed E-state index contributed by atoms with van der Waals surface area (Å²) >= 11 is 12.1. The maximum absolute atomic E-state index is 6.17. The average molecular weight is 237 g/mol. The molecule has 2 aromatic rings. The Balaban J connectivity index is 2.54. The van der Waals surface area contributed by atoms with Gasteiger partial charge >= 0.3 is 0 Å². The summed E-state index contributed by atoms with van der Waals surface area (Å²) in [7, 11) is 0. The molecule has 0 fully saturated rings. The first-order valence-electron chi connectivity index (χ1n) is 4.69. The van der Waals surface area contributed by atoms with Crippen molar-refractivity contribution in [3.63, 3.8) is 0 Å². The van der Waals surface area contributed by atoms with Gasteiger partial charge in [-0.2, -0.15) is 0 Å². The van der Waals surface area contributed by atoms with Gasteiger partial charge in [0.25, 0.3) is 0 Å². The molecule has 0 saturated heterocycles. The molecule has 0 heterocycles. The highest BCUT2D eigenvalue weighted by Gasteiger charge is 2.03. The fourth-order valence-corrected chi connectivity index (χ4v) is 2.04. The maximum atomic E-state index is 6.17. The van der Waals surface area contributed by atoms with Gasteiger partial charge in [-0.15, -0.1) is 0 Å². The molecule has 0 atom stereocenters. The third-order valence-corrected chi connectivity index (χ3v) is 2.81. The second-order valence-corrected chi connectivity index (χ2v) is 4.34. The summed E-state index contributed by atoms with van der Waals surface area (Å²) in [5.41, 5.74) is 3.23. The fraction of sp³-hybridized carbons (Fsp3) is 0.0769. The SMILES string of the molecule is Cc1ccc(-c2cccc(Cl)c2)c(Cl)c1. The van der Waals surface area contributed by atoms with E-state index < -0.39 is 0 Å². The zero-order valence-corrected chi connectivity index (χ0v) is 9.81. The van der Waals surface area contributed by atoms with Gasteiger partial charge in [-0.05, 0) is 36.2 Å². The lowest BCUT2D eigenvalue weighted by Gasteiger charge is -2.05. The van der Waals surface area contributed by atoms with E-state index >= 15 is 0 Å². The standard InChI is InChI=1S/C13H10Cl2/c1-9-5-6-12(13(15)7-9)10-3-2-4-11(14)8-10/h2-8H,1H3. The van der Waals surface area contributed by atoms with Gasteiger partial charge in [0.1, 0.15) is 0 Å². The predicted octanol–water partition coefficient (Wildman–Crippen LogP) is 4.97. The Kier molecular flexibility index (Phi) is 2.99. The van der Waals surface area contributed by atoms with Gasteiger partial charge in [-0.3, -0.25) is 0 Å². The van der Waals surface area contributed by atoms with Crippen molar-refractivity contribution in [2.75, 3.05) is 0 Å². The Hall–Kier alpha value is -0.980. The lowest BCUT2D eigenvalue weighted by Crippen LogP contribution is -1.81. The van der Waals surface area contributed by atoms with E-state index in [1.54, 1.807) is 0 Å². The molecule has 2 aromatic carbocycles. The van der Waals surface area contributed by atoms with E-state index in [0.29, 0.717) is 0 Å². The Morgan fingerprint density at radius 3 is 2.40 bits per heavy atom. The second kappa shape index (κ2) is 4.26. The molecule has 2 rings (SSSR count). The Morgan fingerprint density at radius 1 is 0.933 bits per heavy atom. The molecular weight excluding hydrogens is 227 g/mol. The molecule has 0 aliphatic heterocycles. The van der Waals surface area contributed by atoms with Gasteiger partial charge in [0, 0.05) is 15.6 Å². The van der Waals surface area contributed by atoms with E-state index in [0.717, 1.165) is 26.7 Å². The molecular formula is C13H10Cl2. The zero-order chi connectivity index (χ0) is 10.8. The Bertz CT molecular complexity index is 490. The minimum absolute atomic E-state index is 0.726. The molecule has 0 aliphatic carbocycles. The Labute approximate surface area is 99.5 Å². The lowest BCUT2D eigenvalue weighted by molar-refractivity contribution is 1.47.